The average Bonchev–Trinajstić information content (AvgIpc) is 3.35. The molecule has 124 valence electrons. The minimum absolute atomic E-state index is 0.138. The molecule has 1 atom stereocenters. The monoisotopic (exact) mass is 300 g/mol. The van der Waals surface area contributed by atoms with Gasteiger partial charge in [0.2, 0.25) is 0 Å². The lowest BCUT2D eigenvalue weighted by Gasteiger charge is -2.39. The second kappa shape index (κ2) is 8.71. The molecule has 0 spiro atoms. The van der Waals surface area contributed by atoms with Crippen molar-refractivity contribution in [2.24, 2.45) is 5.92 Å². The normalized spacial score (nSPS) is 18.0. The van der Waals surface area contributed by atoms with Gasteiger partial charge in [-0.05, 0) is 38.6 Å². The Hall–Kier alpha value is -0.650. The lowest BCUT2D eigenvalue weighted by atomic mass is 9.91. The first-order chi connectivity index (χ1) is 10.1. The first-order valence-electron chi connectivity index (χ1n) is 8.09. The lowest BCUT2D eigenvalue weighted by molar-refractivity contribution is -0.151. The Bertz CT molecular complexity index is 317. The van der Waals surface area contributed by atoms with Crippen molar-refractivity contribution in [1.82, 2.24) is 10.2 Å². The van der Waals surface area contributed by atoms with Gasteiger partial charge in [-0.25, -0.2) is 4.79 Å². The number of carbonyl (C=O) groups excluding carboxylic acids is 1. The van der Waals surface area contributed by atoms with Crippen LogP contribution in [0.3, 0.4) is 0 Å². The Balaban J connectivity index is 2.91. The SMILES string of the molecule is CCC(CC)N(CCOC)CC(NC)(C(=O)OC)C1CC1. The largest absolute Gasteiger partial charge is 0.468 e. The molecule has 1 aliphatic carbocycles. The summed E-state index contributed by atoms with van der Waals surface area (Å²) in [5.41, 5.74) is -0.578. The molecule has 21 heavy (non-hydrogen) atoms. The van der Waals surface area contributed by atoms with E-state index in [1.54, 1.807) is 7.11 Å². The Morgan fingerprint density at radius 1 is 1.33 bits per heavy atom. The van der Waals surface area contributed by atoms with E-state index in [2.05, 4.69) is 24.1 Å². The first-order valence-corrected chi connectivity index (χ1v) is 8.09. The number of methoxy groups -OCH3 is 2. The second-order valence-electron chi connectivity index (χ2n) is 5.92. The van der Waals surface area contributed by atoms with Gasteiger partial charge in [0.15, 0.2) is 0 Å². The van der Waals surface area contributed by atoms with Crippen molar-refractivity contribution in [2.75, 3.05) is 41.0 Å². The van der Waals surface area contributed by atoms with Crippen LogP contribution in [0.4, 0.5) is 0 Å². The molecule has 0 aliphatic heterocycles. The summed E-state index contributed by atoms with van der Waals surface area (Å²) >= 11 is 0. The maximum Gasteiger partial charge on any atom is 0.327 e. The van der Waals surface area contributed by atoms with Crippen molar-refractivity contribution < 1.29 is 14.3 Å². The van der Waals surface area contributed by atoms with Gasteiger partial charge in [-0.1, -0.05) is 13.8 Å². The third kappa shape index (κ3) is 4.41. The van der Waals surface area contributed by atoms with E-state index in [9.17, 15) is 4.79 Å². The van der Waals surface area contributed by atoms with E-state index < -0.39 is 5.54 Å². The molecule has 1 aliphatic rings. The standard InChI is InChI=1S/C16H32N2O3/c1-6-14(7-2)18(10-11-20-4)12-16(17-3,13-8-9-13)15(19)21-5/h13-14,17H,6-12H2,1-5H3. The molecular weight excluding hydrogens is 268 g/mol. The van der Waals surface area contributed by atoms with E-state index >= 15 is 0 Å². The van der Waals surface area contributed by atoms with Crippen molar-refractivity contribution in [3.05, 3.63) is 0 Å². The summed E-state index contributed by atoms with van der Waals surface area (Å²) in [6.45, 7) is 6.61. The highest BCUT2D eigenvalue weighted by Crippen LogP contribution is 2.41. The van der Waals surface area contributed by atoms with Gasteiger partial charge >= 0.3 is 5.97 Å². The van der Waals surface area contributed by atoms with Gasteiger partial charge in [0, 0.05) is 26.2 Å². The third-order valence-corrected chi connectivity index (χ3v) is 4.76. The van der Waals surface area contributed by atoms with Crippen molar-refractivity contribution in [3.8, 4) is 0 Å². The van der Waals surface area contributed by atoms with Crippen LogP contribution in [0.2, 0.25) is 0 Å². The van der Waals surface area contributed by atoms with Crippen LogP contribution in [-0.4, -0.2) is 63.4 Å². The molecule has 0 heterocycles. The van der Waals surface area contributed by atoms with E-state index in [-0.39, 0.29) is 5.97 Å². The zero-order valence-electron chi connectivity index (χ0n) is 14.3. The Kier molecular flexibility index (Phi) is 7.63. The van der Waals surface area contributed by atoms with Crippen LogP contribution in [0.5, 0.6) is 0 Å². The molecule has 1 N–H and O–H groups in total. The fraction of sp³-hybridized carbons (Fsp3) is 0.938. The van der Waals surface area contributed by atoms with E-state index in [1.807, 2.05) is 7.05 Å². The highest BCUT2D eigenvalue weighted by atomic mass is 16.5. The highest BCUT2D eigenvalue weighted by Gasteiger charge is 2.52. The first kappa shape index (κ1) is 18.4. The van der Waals surface area contributed by atoms with Crippen LogP contribution >= 0.6 is 0 Å². The fourth-order valence-corrected chi connectivity index (χ4v) is 3.23. The molecule has 1 saturated carbocycles. The van der Waals surface area contributed by atoms with Crippen LogP contribution < -0.4 is 5.32 Å². The van der Waals surface area contributed by atoms with Crippen LogP contribution in [0.1, 0.15) is 39.5 Å². The Morgan fingerprint density at radius 3 is 2.33 bits per heavy atom. The zero-order chi connectivity index (χ0) is 15.9. The Morgan fingerprint density at radius 2 is 1.95 bits per heavy atom. The quantitative estimate of drug-likeness (QED) is 0.588. The molecule has 1 fully saturated rings. The minimum Gasteiger partial charge on any atom is -0.468 e. The van der Waals surface area contributed by atoms with Gasteiger partial charge in [0.25, 0.3) is 0 Å². The summed E-state index contributed by atoms with van der Waals surface area (Å²) < 4.78 is 10.3. The number of nitrogens with one attached hydrogen (secondary N) is 1. The molecule has 0 amide bonds. The second-order valence-corrected chi connectivity index (χ2v) is 5.92. The number of nitrogens with zero attached hydrogens (tertiary/aromatic N) is 1. The summed E-state index contributed by atoms with van der Waals surface area (Å²) in [5, 5.41) is 3.28. The molecule has 1 rings (SSSR count). The Labute approximate surface area is 129 Å². The van der Waals surface area contributed by atoms with Gasteiger partial charge in [-0.2, -0.15) is 0 Å². The zero-order valence-corrected chi connectivity index (χ0v) is 14.3. The van der Waals surface area contributed by atoms with E-state index in [1.165, 1.54) is 7.11 Å². The molecule has 0 radical (unpaired) electrons. The molecule has 5 heteroatoms. The van der Waals surface area contributed by atoms with Gasteiger partial charge in [0.1, 0.15) is 5.54 Å². The smallest absolute Gasteiger partial charge is 0.327 e. The maximum atomic E-state index is 12.4. The van der Waals surface area contributed by atoms with Crippen molar-refractivity contribution in [2.45, 2.75) is 51.1 Å². The number of rotatable bonds is 11. The summed E-state index contributed by atoms with van der Waals surface area (Å²) in [4.78, 5) is 14.8. The predicted molar refractivity (Wildman–Crippen MR) is 84.3 cm³/mol. The van der Waals surface area contributed by atoms with Crippen LogP contribution in [-0.2, 0) is 14.3 Å². The van der Waals surface area contributed by atoms with E-state index in [0.29, 0.717) is 25.1 Å². The van der Waals surface area contributed by atoms with Crippen molar-refractivity contribution in [3.63, 3.8) is 0 Å². The van der Waals surface area contributed by atoms with E-state index in [4.69, 9.17) is 9.47 Å². The molecule has 5 nitrogen and oxygen atoms in total. The number of hydrogen-bond donors (Lipinski definition) is 1. The summed E-state index contributed by atoms with van der Waals surface area (Å²) in [6, 6.07) is 0.469. The van der Waals surface area contributed by atoms with Gasteiger partial charge in [-0.3, -0.25) is 4.90 Å². The van der Waals surface area contributed by atoms with Crippen LogP contribution in [0, 0.1) is 5.92 Å². The molecule has 0 aromatic heterocycles. The molecule has 0 aromatic rings. The number of esters is 1. The fourth-order valence-electron chi connectivity index (χ4n) is 3.23. The lowest BCUT2D eigenvalue weighted by Crippen LogP contribution is -2.61. The minimum atomic E-state index is -0.578. The topological polar surface area (TPSA) is 50.8 Å². The number of ether oxygens (including phenoxy) is 2. The van der Waals surface area contributed by atoms with Gasteiger partial charge < -0.3 is 14.8 Å². The molecule has 1 unspecified atom stereocenters. The molecular formula is C16H32N2O3. The number of carbonyl (C=O) groups is 1. The van der Waals surface area contributed by atoms with Crippen molar-refractivity contribution >= 4 is 5.97 Å². The average molecular weight is 300 g/mol. The third-order valence-electron chi connectivity index (χ3n) is 4.76. The summed E-state index contributed by atoms with van der Waals surface area (Å²) in [7, 11) is 5.07. The number of likely N-dealkylation sites (N-methyl/N-ethyl adjacent to an activating group) is 1. The summed E-state index contributed by atoms with van der Waals surface area (Å²) in [6.07, 6.45) is 4.34. The van der Waals surface area contributed by atoms with Crippen molar-refractivity contribution in [1.29, 1.82) is 0 Å². The summed E-state index contributed by atoms with van der Waals surface area (Å²) in [5.74, 6) is 0.246. The van der Waals surface area contributed by atoms with Crippen LogP contribution in [0.15, 0.2) is 0 Å². The molecule has 0 saturated heterocycles. The molecule has 0 bridgehead atoms. The predicted octanol–water partition coefficient (Wildman–Crippen LogP) is 1.66. The number of hydrogen-bond acceptors (Lipinski definition) is 5. The van der Waals surface area contributed by atoms with E-state index in [0.717, 1.165) is 32.2 Å². The molecule has 0 aromatic carbocycles. The van der Waals surface area contributed by atoms with Gasteiger partial charge in [-0.15, -0.1) is 0 Å². The van der Waals surface area contributed by atoms with Crippen LogP contribution in [0.25, 0.3) is 0 Å². The highest BCUT2D eigenvalue weighted by molar-refractivity contribution is 5.82. The maximum absolute atomic E-state index is 12.4. The van der Waals surface area contributed by atoms with Gasteiger partial charge in [0.05, 0.1) is 13.7 Å².